The molecule has 20 heavy (non-hydrogen) atoms. The van der Waals surface area contributed by atoms with Gasteiger partial charge in [-0.15, -0.1) is 12.4 Å². The summed E-state index contributed by atoms with van der Waals surface area (Å²) in [5, 5.41) is 6.20. The maximum absolute atomic E-state index is 11.9. The summed E-state index contributed by atoms with van der Waals surface area (Å²) in [6.07, 6.45) is 0. The van der Waals surface area contributed by atoms with Gasteiger partial charge in [0.25, 0.3) is 0 Å². The van der Waals surface area contributed by atoms with Crippen LogP contribution in [0.4, 0.5) is 5.69 Å². The number of carbonyl (C=O) groups excluding carboxylic acids is 1. The maximum Gasteiger partial charge on any atom is 0.228 e. The van der Waals surface area contributed by atoms with Crippen LogP contribution in [0.5, 0.6) is 11.5 Å². The molecular formula is C13H18Cl2N2O3. The number of nitrogens with one attached hydrogen (secondary N) is 2. The highest BCUT2D eigenvalue weighted by Gasteiger charge is 2.18. The Hall–Kier alpha value is -1.17. The average molecular weight is 321 g/mol. The molecule has 1 heterocycles. The number of anilines is 1. The van der Waals surface area contributed by atoms with E-state index in [1.165, 1.54) is 0 Å². The number of halogens is 2. The molecule has 0 aliphatic carbocycles. The molecule has 5 nitrogen and oxygen atoms in total. The van der Waals surface area contributed by atoms with E-state index in [2.05, 4.69) is 10.6 Å². The van der Waals surface area contributed by atoms with Gasteiger partial charge >= 0.3 is 0 Å². The molecule has 2 rings (SSSR count). The summed E-state index contributed by atoms with van der Waals surface area (Å²) in [6.45, 7) is 3.46. The summed E-state index contributed by atoms with van der Waals surface area (Å²) in [5.41, 5.74) is 0.541. The number of benzene rings is 1. The highest BCUT2D eigenvalue weighted by Crippen LogP contribution is 2.38. The molecule has 0 spiro atoms. The fraction of sp³-hybridized carbons (Fsp3) is 0.462. The first-order valence-electron chi connectivity index (χ1n) is 6.16. The molecule has 0 aromatic heterocycles. The number of ether oxygens (including phenoxy) is 2. The average Bonchev–Trinajstić information content (AvgIpc) is 2.39. The second-order valence-corrected chi connectivity index (χ2v) is 4.83. The van der Waals surface area contributed by atoms with Crippen molar-refractivity contribution in [2.45, 2.75) is 6.92 Å². The predicted octanol–water partition coefficient (Wildman–Crippen LogP) is 2.33. The second-order valence-electron chi connectivity index (χ2n) is 4.42. The van der Waals surface area contributed by atoms with Gasteiger partial charge in [0.05, 0.1) is 10.7 Å². The normalized spacial score (nSPS) is 14.2. The van der Waals surface area contributed by atoms with Crippen molar-refractivity contribution in [2.24, 2.45) is 5.92 Å². The van der Waals surface area contributed by atoms with Crippen LogP contribution in [0.15, 0.2) is 12.1 Å². The number of hydrogen-bond acceptors (Lipinski definition) is 4. The van der Waals surface area contributed by atoms with Gasteiger partial charge in [-0.25, -0.2) is 0 Å². The van der Waals surface area contributed by atoms with Gasteiger partial charge in [0.15, 0.2) is 11.5 Å². The second kappa shape index (κ2) is 7.57. The van der Waals surface area contributed by atoms with Gasteiger partial charge in [-0.3, -0.25) is 4.79 Å². The standard InChI is InChI=1S/C13H17ClN2O3.ClH/c1-8(7-15-2)13(17)16-10-6-12-11(5-9(10)14)18-3-4-19-12;/h5-6,8,15H,3-4,7H2,1-2H3,(H,16,17);1H. The van der Waals surface area contributed by atoms with Crippen LogP contribution in [0.25, 0.3) is 0 Å². The first kappa shape index (κ1) is 16.9. The van der Waals surface area contributed by atoms with Crippen molar-refractivity contribution in [3.05, 3.63) is 17.2 Å². The van der Waals surface area contributed by atoms with Crippen molar-refractivity contribution in [1.82, 2.24) is 5.32 Å². The minimum absolute atomic E-state index is 0. The summed E-state index contributed by atoms with van der Waals surface area (Å²) in [5.74, 6) is 0.979. The molecular weight excluding hydrogens is 303 g/mol. The molecule has 1 amide bonds. The van der Waals surface area contributed by atoms with Crippen LogP contribution in [0, 0.1) is 5.92 Å². The van der Waals surface area contributed by atoms with E-state index in [0.717, 1.165) is 0 Å². The molecule has 0 radical (unpaired) electrons. The predicted molar refractivity (Wildman–Crippen MR) is 81.4 cm³/mol. The van der Waals surface area contributed by atoms with E-state index >= 15 is 0 Å². The summed E-state index contributed by atoms with van der Waals surface area (Å²) in [7, 11) is 1.81. The molecule has 1 aliphatic heterocycles. The summed E-state index contributed by atoms with van der Waals surface area (Å²) >= 11 is 6.12. The molecule has 2 N–H and O–H groups in total. The molecule has 112 valence electrons. The molecule has 1 unspecified atom stereocenters. The largest absolute Gasteiger partial charge is 0.486 e. The van der Waals surface area contributed by atoms with Gasteiger partial charge in [-0.05, 0) is 7.05 Å². The van der Waals surface area contributed by atoms with Crippen molar-refractivity contribution < 1.29 is 14.3 Å². The number of hydrogen-bond donors (Lipinski definition) is 2. The Labute approximate surface area is 129 Å². The number of fused-ring (bicyclic) bond motifs is 1. The zero-order chi connectivity index (χ0) is 13.8. The summed E-state index contributed by atoms with van der Waals surface area (Å²) < 4.78 is 10.9. The quantitative estimate of drug-likeness (QED) is 0.894. The van der Waals surface area contributed by atoms with E-state index in [4.69, 9.17) is 21.1 Å². The van der Waals surface area contributed by atoms with Gasteiger partial charge in [-0.2, -0.15) is 0 Å². The van der Waals surface area contributed by atoms with E-state index in [1.54, 1.807) is 19.2 Å². The first-order chi connectivity index (χ1) is 9.11. The molecule has 7 heteroatoms. The molecule has 0 saturated heterocycles. The SMILES string of the molecule is CNCC(C)C(=O)Nc1cc2c(cc1Cl)OCCO2.Cl. The van der Waals surface area contributed by atoms with Crippen LogP contribution in [0.2, 0.25) is 5.02 Å². The van der Waals surface area contributed by atoms with Crippen LogP contribution in [-0.2, 0) is 4.79 Å². The van der Waals surface area contributed by atoms with Gasteiger partial charge in [0, 0.05) is 24.6 Å². The lowest BCUT2D eigenvalue weighted by atomic mass is 10.1. The Kier molecular flexibility index (Phi) is 6.39. The molecule has 0 fully saturated rings. The van der Waals surface area contributed by atoms with E-state index in [1.807, 2.05) is 6.92 Å². The molecule has 1 aliphatic rings. The molecule has 1 aromatic carbocycles. The van der Waals surface area contributed by atoms with Crippen molar-refractivity contribution in [3.63, 3.8) is 0 Å². The fourth-order valence-electron chi connectivity index (χ4n) is 1.81. The maximum atomic E-state index is 11.9. The third-order valence-electron chi connectivity index (χ3n) is 2.85. The number of rotatable bonds is 4. The van der Waals surface area contributed by atoms with Gasteiger partial charge in [0.1, 0.15) is 13.2 Å². The minimum atomic E-state index is -0.144. The van der Waals surface area contributed by atoms with Crippen LogP contribution >= 0.6 is 24.0 Å². The first-order valence-corrected chi connectivity index (χ1v) is 6.54. The highest BCUT2D eigenvalue weighted by molar-refractivity contribution is 6.34. The zero-order valence-corrected chi connectivity index (χ0v) is 12.9. The Morgan fingerprint density at radius 2 is 1.95 bits per heavy atom. The fourth-order valence-corrected chi connectivity index (χ4v) is 2.02. The van der Waals surface area contributed by atoms with E-state index in [-0.39, 0.29) is 24.2 Å². The third-order valence-corrected chi connectivity index (χ3v) is 3.16. The number of amides is 1. The van der Waals surface area contributed by atoms with Crippen molar-refractivity contribution in [1.29, 1.82) is 0 Å². The van der Waals surface area contributed by atoms with E-state index < -0.39 is 0 Å². The van der Waals surface area contributed by atoms with Crippen LogP contribution < -0.4 is 20.1 Å². The molecule has 1 aromatic rings. The number of carbonyl (C=O) groups is 1. The zero-order valence-electron chi connectivity index (χ0n) is 11.4. The monoisotopic (exact) mass is 320 g/mol. The lowest BCUT2D eigenvalue weighted by molar-refractivity contribution is -0.119. The lowest BCUT2D eigenvalue weighted by Crippen LogP contribution is -2.28. The summed E-state index contributed by atoms with van der Waals surface area (Å²) in [6, 6.07) is 3.36. The summed E-state index contributed by atoms with van der Waals surface area (Å²) in [4.78, 5) is 11.9. The van der Waals surface area contributed by atoms with E-state index in [0.29, 0.717) is 42.0 Å². The Morgan fingerprint density at radius 1 is 1.35 bits per heavy atom. The van der Waals surface area contributed by atoms with Crippen LogP contribution in [-0.4, -0.2) is 32.7 Å². The van der Waals surface area contributed by atoms with Gasteiger partial charge in [-0.1, -0.05) is 18.5 Å². The lowest BCUT2D eigenvalue weighted by Gasteiger charge is -2.20. The topological polar surface area (TPSA) is 59.6 Å². The Bertz CT molecular complexity index is 483. The van der Waals surface area contributed by atoms with Gasteiger partial charge < -0.3 is 20.1 Å². The minimum Gasteiger partial charge on any atom is -0.486 e. The van der Waals surface area contributed by atoms with Crippen molar-refractivity contribution in [2.75, 3.05) is 32.1 Å². The smallest absolute Gasteiger partial charge is 0.228 e. The van der Waals surface area contributed by atoms with Gasteiger partial charge in [0.2, 0.25) is 5.91 Å². The van der Waals surface area contributed by atoms with Crippen LogP contribution in [0.3, 0.4) is 0 Å². The Balaban J connectivity index is 0.00000200. The van der Waals surface area contributed by atoms with Crippen LogP contribution in [0.1, 0.15) is 6.92 Å². The van der Waals surface area contributed by atoms with Crippen molar-refractivity contribution >= 4 is 35.6 Å². The molecule has 0 bridgehead atoms. The third kappa shape index (κ3) is 3.91. The molecule has 0 saturated carbocycles. The van der Waals surface area contributed by atoms with E-state index in [9.17, 15) is 4.79 Å². The van der Waals surface area contributed by atoms with Crippen molar-refractivity contribution in [3.8, 4) is 11.5 Å². The Morgan fingerprint density at radius 3 is 2.55 bits per heavy atom. The highest BCUT2D eigenvalue weighted by atomic mass is 35.5. The molecule has 1 atom stereocenters.